The summed E-state index contributed by atoms with van der Waals surface area (Å²) < 4.78 is 17.3. The Hall–Kier alpha value is -3.52. The molecule has 0 unspecified atom stereocenters. The number of carbonyl (C=O) groups excluding carboxylic acids is 1. The van der Waals surface area contributed by atoms with E-state index in [1.807, 2.05) is 43.0 Å². The Bertz CT molecular complexity index is 1190. The average molecular weight is 494 g/mol. The van der Waals surface area contributed by atoms with Gasteiger partial charge in [0.1, 0.15) is 17.1 Å². The number of nitrogens with zero attached hydrogens (tertiary/aromatic N) is 2. The van der Waals surface area contributed by atoms with Gasteiger partial charge in [0.25, 0.3) is 5.91 Å². The lowest BCUT2D eigenvalue weighted by atomic mass is 9.95. The van der Waals surface area contributed by atoms with Crippen LogP contribution in [0.2, 0.25) is 0 Å². The topological polar surface area (TPSA) is 96.9 Å². The van der Waals surface area contributed by atoms with Gasteiger partial charge in [-0.05, 0) is 56.5 Å². The molecule has 1 amide bonds. The highest BCUT2D eigenvalue weighted by Gasteiger charge is 2.42. The minimum Gasteiger partial charge on any atom is -0.507 e. The number of amides is 1. The third-order valence-electron chi connectivity index (χ3n) is 6.28. The van der Waals surface area contributed by atoms with Gasteiger partial charge in [-0.25, -0.2) is 0 Å². The molecule has 0 radical (unpaired) electrons. The van der Waals surface area contributed by atoms with Crippen molar-refractivity contribution in [2.24, 2.45) is 0 Å². The molecule has 1 aliphatic heterocycles. The molecule has 2 heterocycles. The molecule has 1 aliphatic rings. The Morgan fingerprint density at radius 1 is 1.11 bits per heavy atom. The molecule has 0 saturated carbocycles. The van der Waals surface area contributed by atoms with Crippen molar-refractivity contribution in [1.29, 1.82) is 0 Å². The monoisotopic (exact) mass is 493 g/mol. The van der Waals surface area contributed by atoms with E-state index in [1.54, 1.807) is 25.3 Å². The summed E-state index contributed by atoms with van der Waals surface area (Å²) in [7, 11) is 1.61. The number of phenolic OH excluding ortho intramolecular Hbond substituents is 1. The zero-order chi connectivity index (χ0) is 25.7. The summed E-state index contributed by atoms with van der Waals surface area (Å²) in [6.07, 6.45) is 2.82. The second kappa shape index (κ2) is 11.5. The summed E-state index contributed by atoms with van der Waals surface area (Å²) in [6.45, 7) is 7.78. The number of ether oxygens (including phenoxy) is 3. The first kappa shape index (κ1) is 25.6. The van der Waals surface area contributed by atoms with Gasteiger partial charge >= 0.3 is 0 Å². The third kappa shape index (κ3) is 5.18. The summed E-state index contributed by atoms with van der Waals surface area (Å²) >= 11 is 0. The minimum atomic E-state index is -0.404. The number of aromatic nitrogens is 2. The van der Waals surface area contributed by atoms with Gasteiger partial charge in [0.15, 0.2) is 11.5 Å². The van der Waals surface area contributed by atoms with Crippen LogP contribution in [0.5, 0.6) is 17.2 Å². The number of carbonyl (C=O) groups is 1. The Morgan fingerprint density at radius 3 is 2.64 bits per heavy atom. The Kier molecular flexibility index (Phi) is 8.15. The fourth-order valence-corrected chi connectivity index (χ4v) is 4.51. The zero-order valence-corrected chi connectivity index (χ0v) is 21.4. The number of rotatable bonds is 12. The first-order valence-electron chi connectivity index (χ1n) is 12.6. The van der Waals surface area contributed by atoms with Crippen molar-refractivity contribution >= 4 is 5.91 Å². The molecule has 8 heteroatoms. The number of H-pyrrole nitrogens is 1. The van der Waals surface area contributed by atoms with Crippen LogP contribution < -0.4 is 9.47 Å². The predicted octanol–water partition coefficient (Wildman–Crippen LogP) is 5.33. The molecule has 2 aromatic carbocycles. The summed E-state index contributed by atoms with van der Waals surface area (Å²) in [5.41, 5.74) is 3.19. The van der Waals surface area contributed by atoms with E-state index < -0.39 is 6.04 Å². The molecule has 3 aromatic rings. The number of methoxy groups -OCH3 is 1. The molecule has 1 aromatic heterocycles. The van der Waals surface area contributed by atoms with Crippen LogP contribution >= 0.6 is 0 Å². The largest absolute Gasteiger partial charge is 0.507 e. The first-order chi connectivity index (χ1) is 17.5. The van der Waals surface area contributed by atoms with E-state index in [-0.39, 0.29) is 17.8 Å². The molecule has 8 nitrogen and oxygen atoms in total. The average Bonchev–Trinajstić information content (AvgIpc) is 3.41. The van der Waals surface area contributed by atoms with Crippen LogP contribution in [0.25, 0.3) is 11.3 Å². The molecular formula is C28H35N3O5. The van der Waals surface area contributed by atoms with Gasteiger partial charge in [-0.3, -0.25) is 9.89 Å². The van der Waals surface area contributed by atoms with Crippen molar-refractivity contribution in [1.82, 2.24) is 15.1 Å². The molecule has 0 bridgehead atoms. The van der Waals surface area contributed by atoms with E-state index >= 15 is 0 Å². The molecular weight excluding hydrogens is 458 g/mol. The molecule has 192 valence electrons. The normalized spacial score (nSPS) is 15.0. The lowest BCUT2D eigenvalue weighted by Crippen LogP contribution is -2.31. The van der Waals surface area contributed by atoms with Crippen LogP contribution in [-0.4, -0.2) is 59.1 Å². The number of benzene rings is 2. The van der Waals surface area contributed by atoms with E-state index in [2.05, 4.69) is 17.1 Å². The van der Waals surface area contributed by atoms with Crippen molar-refractivity contribution in [2.45, 2.75) is 52.2 Å². The standard InChI is InChI=1S/C28H35N3O5/c1-5-6-15-36-22-13-12-19(17-23(22)34-4)27-24-25(20-10-7-8-11-21(20)32)29-30-26(24)28(33)31(27)14-9-16-35-18(2)3/h7-8,10-13,17-18,27,32H,5-6,9,14-16H2,1-4H3,(H,29,30)/t27-/m1/s1. The maximum atomic E-state index is 13.5. The van der Waals surface area contributed by atoms with Gasteiger partial charge in [-0.1, -0.05) is 31.5 Å². The van der Waals surface area contributed by atoms with E-state index in [0.717, 1.165) is 24.0 Å². The molecule has 1 atom stereocenters. The molecule has 4 rings (SSSR count). The molecule has 0 aliphatic carbocycles. The second-order valence-electron chi connectivity index (χ2n) is 9.16. The van der Waals surface area contributed by atoms with Crippen molar-refractivity contribution in [3.8, 4) is 28.5 Å². The van der Waals surface area contributed by atoms with Crippen molar-refractivity contribution in [3.63, 3.8) is 0 Å². The second-order valence-corrected chi connectivity index (χ2v) is 9.16. The fourth-order valence-electron chi connectivity index (χ4n) is 4.51. The van der Waals surface area contributed by atoms with Crippen LogP contribution in [-0.2, 0) is 4.74 Å². The first-order valence-corrected chi connectivity index (χ1v) is 12.6. The minimum absolute atomic E-state index is 0.110. The molecule has 2 N–H and O–H groups in total. The third-order valence-corrected chi connectivity index (χ3v) is 6.28. The van der Waals surface area contributed by atoms with Crippen LogP contribution in [0, 0.1) is 0 Å². The Morgan fingerprint density at radius 2 is 1.92 bits per heavy atom. The van der Waals surface area contributed by atoms with Crippen molar-refractivity contribution in [3.05, 3.63) is 59.3 Å². The van der Waals surface area contributed by atoms with Gasteiger partial charge in [0.05, 0.1) is 25.9 Å². The Balaban J connectivity index is 1.74. The van der Waals surface area contributed by atoms with E-state index in [1.165, 1.54) is 0 Å². The SMILES string of the molecule is CCCCOc1ccc([C@@H]2c3c(-c4ccccc4O)n[nH]c3C(=O)N2CCCOC(C)C)cc1OC. The highest BCUT2D eigenvalue weighted by Crippen LogP contribution is 2.45. The predicted molar refractivity (Wildman–Crippen MR) is 138 cm³/mol. The van der Waals surface area contributed by atoms with Crippen LogP contribution in [0.3, 0.4) is 0 Å². The van der Waals surface area contributed by atoms with Crippen LogP contribution in [0.15, 0.2) is 42.5 Å². The van der Waals surface area contributed by atoms with Gasteiger partial charge < -0.3 is 24.2 Å². The van der Waals surface area contributed by atoms with E-state index in [9.17, 15) is 9.90 Å². The highest BCUT2D eigenvalue weighted by molar-refractivity contribution is 6.00. The lowest BCUT2D eigenvalue weighted by Gasteiger charge is -2.27. The molecule has 0 saturated heterocycles. The molecule has 0 spiro atoms. The number of nitrogens with one attached hydrogen (secondary N) is 1. The van der Waals surface area contributed by atoms with Gasteiger partial charge in [0.2, 0.25) is 0 Å². The number of unbranched alkanes of at least 4 members (excludes halogenated alkanes) is 1. The summed E-state index contributed by atoms with van der Waals surface area (Å²) in [6, 6.07) is 12.4. The number of fused-ring (bicyclic) bond motifs is 1. The van der Waals surface area contributed by atoms with Gasteiger partial charge in [-0.2, -0.15) is 5.10 Å². The quantitative estimate of drug-likeness (QED) is 0.331. The van der Waals surface area contributed by atoms with Crippen molar-refractivity contribution in [2.75, 3.05) is 26.9 Å². The fraction of sp³-hybridized carbons (Fsp3) is 0.429. The number of hydrogen-bond acceptors (Lipinski definition) is 6. The van der Waals surface area contributed by atoms with Crippen molar-refractivity contribution < 1.29 is 24.1 Å². The maximum absolute atomic E-state index is 13.5. The number of aromatic hydroxyl groups is 1. The maximum Gasteiger partial charge on any atom is 0.273 e. The van der Waals surface area contributed by atoms with Crippen LogP contribution in [0.4, 0.5) is 0 Å². The van der Waals surface area contributed by atoms with Gasteiger partial charge in [-0.15, -0.1) is 0 Å². The molecule has 36 heavy (non-hydrogen) atoms. The molecule has 0 fully saturated rings. The van der Waals surface area contributed by atoms with E-state index in [4.69, 9.17) is 14.2 Å². The number of aromatic amines is 1. The van der Waals surface area contributed by atoms with Gasteiger partial charge in [0, 0.05) is 24.3 Å². The number of phenols is 1. The summed E-state index contributed by atoms with van der Waals surface area (Å²) in [4.78, 5) is 15.4. The zero-order valence-electron chi connectivity index (χ0n) is 21.4. The Labute approximate surface area is 212 Å². The summed E-state index contributed by atoms with van der Waals surface area (Å²) in [5.74, 6) is 1.26. The lowest BCUT2D eigenvalue weighted by molar-refractivity contribution is 0.0601. The number of para-hydroxylation sites is 1. The van der Waals surface area contributed by atoms with Crippen LogP contribution in [0.1, 0.15) is 67.7 Å². The smallest absolute Gasteiger partial charge is 0.273 e. The highest BCUT2D eigenvalue weighted by atomic mass is 16.5. The summed E-state index contributed by atoms with van der Waals surface area (Å²) in [5, 5.41) is 17.9. The van der Waals surface area contributed by atoms with E-state index in [0.29, 0.717) is 54.6 Å². The number of hydrogen-bond donors (Lipinski definition) is 2.